The topological polar surface area (TPSA) is 90.8 Å². The molecule has 0 saturated heterocycles. The van der Waals surface area contributed by atoms with Crippen molar-refractivity contribution in [3.05, 3.63) is 35.0 Å². The summed E-state index contributed by atoms with van der Waals surface area (Å²) >= 11 is 5.94. The highest BCUT2D eigenvalue weighted by molar-refractivity contribution is 6.31. The van der Waals surface area contributed by atoms with Gasteiger partial charge in [0.25, 0.3) is 0 Å². The van der Waals surface area contributed by atoms with Crippen LogP contribution in [0.5, 0.6) is 23.4 Å². The third-order valence-corrected chi connectivity index (χ3v) is 2.76. The minimum absolute atomic E-state index is 0.00449. The van der Waals surface area contributed by atoms with Gasteiger partial charge in [0.05, 0.1) is 20.4 Å². The second-order valence-corrected chi connectivity index (χ2v) is 4.16. The molecule has 2 rings (SSSR count). The fourth-order valence-electron chi connectivity index (χ4n) is 1.55. The van der Waals surface area contributed by atoms with E-state index in [4.69, 9.17) is 25.8 Å². The number of carbonyl (C=O) groups is 1. The lowest BCUT2D eigenvalue weighted by Crippen LogP contribution is -2.03. The van der Waals surface area contributed by atoms with E-state index in [9.17, 15) is 9.90 Å². The molecule has 2 aromatic rings. The Kier molecular flexibility index (Phi) is 4.44. The summed E-state index contributed by atoms with van der Waals surface area (Å²) in [6.45, 7) is 0. The molecule has 0 radical (unpaired) electrons. The van der Waals surface area contributed by atoms with Gasteiger partial charge in [-0.2, -0.15) is 4.98 Å². The van der Waals surface area contributed by atoms with Gasteiger partial charge in [0, 0.05) is 0 Å². The van der Waals surface area contributed by atoms with Crippen LogP contribution in [0.2, 0.25) is 5.02 Å². The molecule has 21 heavy (non-hydrogen) atoms. The molecule has 0 aliphatic heterocycles. The largest absolute Gasteiger partial charge is 0.493 e. The molecule has 1 N–H and O–H groups in total. The maximum absolute atomic E-state index is 11.3. The average molecular weight is 311 g/mol. The summed E-state index contributed by atoms with van der Waals surface area (Å²) in [4.78, 5) is 19.0. The third-order valence-electron chi connectivity index (χ3n) is 2.50. The van der Waals surface area contributed by atoms with Crippen LogP contribution in [0.15, 0.2) is 24.4 Å². The van der Waals surface area contributed by atoms with Crippen molar-refractivity contribution in [2.24, 2.45) is 0 Å². The Hall–Kier alpha value is -2.54. The molecule has 0 unspecified atom stereocenters. The first-order valence-electron chi connectivity index (χ1n) is 5.71. The fourth-order valence-corrected chi connectivity index (χ4v) is 1.68. The number of nitrogens with zero attached hydrogens (tertiary/aromatic N) is 2. The molecule has 110 valence electrons. The number of methoxy groups -OCH3 is 2. The van der Waals surface area contributed by atoms with Crippen molar-refractivity contribution in [1.29, 1.82) is 0 Å². The lowest BCUT2D eigenvalue weighted by molar-refractivity contribution is 0.0693. The smallest absolute Gasteiger partial charge is 0.339 e. The zero-order valence-electron chi connectivity index (χ0n) is 11.2. The number of ether oxygens (including phenoxy) is 3. The van der Waals surface area contributed by atoms with Gasteiger partial charge in [0.15, 0.2) is 11.5 Å². The highest BCUT2D eigenvalue weighted by atomic mass is 35.5. The quantitative estimate of drug-likeness (QED) is 0.907. The molecule has 1 heterocycles. The summed E-state index contributed by atoms with van der Waals surface area (Å²) in [6.07, 6.45) is 1.29. The van der Waals surface area contributed by atoms with Crippen molar-refractivity contribution in [2.45, 2.75) is 0 Å². The van der Waals surface area contributed by atoms with Gasteiger partial charge in [-0.15, -0.1) is 0 Å². The molecule has 0 amide bonds. The van der Waals surface area contributed by atoms with E-state index in [0.29, 0.717) is 0 Å². The van der Waals surface area contributed by atoms with Crippen molar-refractivity contribution in [2.75, 3.05) is 14.2 Å². The molecule has 0 bridgehead atoms. The zero-order valence-corrected chi connectivity index (χ0v) is 11.9. The number of halogens is 1. The summed E-state index contributed by atoms with van der Waals surface area (Å²) < 4.78 is 15.5. The molecule has 0 aliphatic carbocycles. The molecule has 0 atom stereocenters. The van der Waals surface area contributed by atoms with Crippen LogP contribution in [0, 0.1) is 0 Å². The molecular weight excluding hydrogens is 300 g/mol. The third kappa shape index (κ3) is 3.14. The number of aromatic nitrogens is 2. The number of aromatic carboxylic acids is 1. The average Bonchev–Trinajstić information content (AvgIpc) is 2.49. The fraction of sp³-hybridized carbons (Fsp3) is 0.154. The van der Waals surface area contributed by atoms with Gasteiger partial charge < -0.3 is 19.3 Å². The van der Waals surface area contributed by atoms with Crippen LogP contribution in [0.25, 0.3) is 0 Å². The second kappa shape index (κ2) is 6.27. The van der Waals surface area contributed by atoms with Crippen molar-refractivity contribution in [3.8, 4) is 23.4 Å². The number of hydrogen-bond donors (Lipinski definition) is 1. The van der Waals surface area contributed by atoms with E-state index in [-0.39, 0.29) is 34.0 Å². The lowest BCUT2D eigenvalue weighted by atomic mass is 10.2. The van der Waals surface area contributed by atoms with Crippen LogP contribution in [-0.2, 0) is 0 Å². The van der Waals surface area contributed by atoms with Crippen LogP contribution in [0.3, 0.4) is 0 Å². The summed E-state index contributed by atoms with van der Waals surface area (Å²) in [5.74, 6) is -0.963. The Labute approximate surface area is 125 Å². The van der Waals surface area contributed by atoms with E-state index in [1.165, 1.54) is 32.5 Å². The van der Waals surface area contributed by atoms with E-state index in [1.54, 1.807) is 6.07 Å². The summed E-state index contributed by atoms with van der Waals surface area (Å²) in [6, 6.07) is 4.53. The molecule has 1 aromatic carbocycles. The van der Waals surface area contributed by atoms with Crippen LogP contribution in [0.1, 0.15) is 10.4 Å². The van der Waals surface area contributed by atoms with Gasteiger partial charge >= 0.3 is 12.0 Å². The maximum atomic E-state index is 11.3. The summed E-state index contributed by atoms with van der Waals surface area (Å²) in [5.41, 5.74) is -0.0806. The van der Waals surface area contributed by atoms with Crippen molar-refractivity contribution >= 4 is 17.6 Å². The first-order chi connectivity index (χ1) is 10.1. The molecule has 1 aromatic heterocycles. The monoisotopic (exact) mass is 310 g/mol. The van der Waals surface area contributed by atoms with Gasteiger partial charge in [0.1, 0.15) is 10.6 Å². The number of hydrogen-bond acceptors (Lipinski definition) is 6. The normalized spacial score (nSPS) is 10.0. The first-order valence-corrected chi connectivity index (χ1v) is 6.09. The van der Waals surface area contributed by atoms with E-state index >= 15 is 0 Å². The van der Waals surface area contributed by atoms with Gasteiger partial charge in [-0.25, -0.2) is 9.78 Å². The van der Waals surface area contributed by atoms with Crippen LogP contribution >= 0.6 is 11.6 Å². The molecule has 7 nitrogen and oxygen atoms in total. The summed E-state index contributed by atoms with van der Waals surface area (Å²) in [5, 5.41) is 9.32. The molecular formula is C13H11ClN2O5. The van der Waals surface area contributed by atoms with Crippen molar-refractivity contribution < 1.29 is 24.1 Å². The Morgan fingerprint density at radius 1 is 1.29 bits per heavy atom. The Balaban J connectivity index is 2.50. The SMILES string of the molecule is COc1ncc(Cl)c(Oc2c(OC)cccc2C(=O)O)n1. The Morgan fingerprint density at radius 2 is 2.05 bits per heavy atom. The van der Waals surface area contributed by atoms with E-state index in [1.807, 2.05) is 0 Å². The predicted octanol–water partition coefficient (Wildman–Crippen LogP) is 2.64. The van der Waals surface area contributed by atoms with Gasteiger partial charge in [-0.1, -0.05) is 17.7 Å². The van der Waals surface area contributed by atoms with E-state index in [2.05, 4.69) is 9.97 Å². The second-order valence-electron chi connectivity index (χ2n) is 3.75. The number of carboxylic acids is 1. The van der Waals surface area contributed by atoms with E-state index < -0.39 is 5.97 Å². The van der Waals surface area contributed by atoms with Crippen LogP contribution in [0.4, 0.5) is 0 Å². The highest BCUT2D eigenvalue weighted by Gasteiger charge is 2.19. The van der Waals surface area contributed by atoms with Gasteiger partial charge in [-0.3, -0.25) is 0 Å². The minimum Gasteiger partial charge on any atom is -0.493 e. The van der Waals surface area contributed by atoms with Crippen LogP contribution < -0.4 is 14.2 Å². The van der Waals surface area contributed by atoms with Gasteiger partial charge in [-0.05, 0) is 12.1 Å². The molecule has 8 heteroatoms. The molecule has 0 fully saturated rings. The van der Waals surface area contributed by atoms with Gasteiger partial charge in [0.2, 0.25) is 5.88 Å². The first kappa shape index (κ1) is 14.9. The Morgan fingerprint density at radius 3 is 2.67 bits per heavy atom. The number of rotatable bonds is 5. The van der Waals surface area contributed by atoms with E-state index in [0.717, 1.165) is 0 Å². The van der Waals surface area contributed by atoms with Crippen molar-refractivity contribution in [1.82, 2.24) is 9.97 Å². The minimum atomic E-state index is -1.17. The molecule has 0 saturated carbocycles. The predicted molar refractivity (Wildman–Crippen MR) is 73.6 cm³/mol. The maximum Gasteiger partial charge on any atom is 0.339 e. The number of carboxylic acid groups (broad SMARTS) is 1. The number of benzene rings is 1. The van der Waals surface area contributed by atoms with Crippen LogP contribution in [-0.4, -0.2) is 35.3 Å². The molecule has 0 spiro atoms. The standard InChI is InChI=1S/C13H11ClN2O5/c1-19-9-5-3-4-7(12(17)18)10(9)21-11-8(14)6-15-13(16-11)20-2/h3-6H,1-2H3,(H,17,18). The Bertz CT molecular complexity index is 678. The summed E-state index contributed by atoms with van der Waals surface area (Å²) in [7, 11) is 2.79. The zero-order chi connectivity index (χ0) is 15.4. The lowest BCUT2D eigenvalue weighted by Gasteiger charge is -2.13. The van der Waals surface area contributed by atoms with Crippen molar-refractivity contribution in [3.63, 3.8) is 0 Å². The number of para-hydroxylation sites is 1. The highest BCUT2D eigenvalue weighted by Crippen LogP contribution is 2.37. The molecule has 0 aliphatic rings.